The highest BCUT2D eigenvalue weighted by Crippen LogP contribution is 2.31. The lowest BCUT2D eigenvalue weighted by atomic mass is 10.0. The Morgan fingerprint density at radius 3 is 2.39 bits per heavy atom. The minimum Gasteiger partial charge on any atom is -0.491 e. The second-order valence-corrected chi connectivity index (χ2v) is 9.16. The molecule has 0 unspecified atom stereocenters. The van der Waals surface area contributed by atoms with E-state index in [0.717, 1.165) is 4.90 Å². The topological polar surface area (TPSA) is 103 Å². The standard InChI is InChI=1S/C28H31NO7S2/c1-38-24-12-10-21(11-13-24)29-28(32)36-27(20-6-5-9-23(18-20)33-17-15-30)25(14-16-34-26(31)19-37)35-22-7-3-2-4-8-22/h2-13,18,25,27,30,37H,14-17,19H2,1H3,(H,29,32)/t25-,27-/m1/s1. The molecule has 0 aliphatic rings. The van der Waals surface area contributed by atoms with Gasteiger partial charge in [-0.25, -0.2) is 4.79 Å². The summed E-state index contributed by atoms with van der Waals surface area (Å²) in [5.41, 5.74) is 1.18. The molecule has 0 aromatic heterocycles. The van der Waals surface area contributed by atoms with E-state index in [1.54, 1.807) is 60.3 Å². The number of aliphatic hydroxyl groups is 1. The molecule has 0 radical (unpaired) electrons. The highest BCUT2D eigenvalue weighted by molar-refractivity contribution is 7.98. The van der Waals surface area contributed by atoms with Crippen molar-refractivity contribution in [2.45, 2.75) is 23.5 Å². The number of ether oxygens (including phenoxy) is 4. The van der Waals surface area contributed by atoms with Gasteiger partial charge in [-0.2, -0.15) is 12.6 Å². The Bertz CT molecular complexity index is 1150. The molecule has 38 heavy (non-hydrogen) atoms. The molecule has 0 bridgehead atoms. The molecule has 0 heterocycles. The van der Waals surface area contributed by atoms with Gasteiger partial charge < -0.3 is 24.1 Å². The number of benzene rings is 3. The van der Waals surface area contributed by atoms with Crippen LogP contribution >= 0.6 is 24.4 Å². The Morgan fingerprint density at radius 2 is 1.71 bits per heavy atom. The third kappa shape index (κ3) is 9.51. The van der Waals surface area contributed by atoms with Gasteiger partial charge in [0, 0.05) is 17.0 Å². The van der Waals surface area contributed by atoms with Crippen LogP contribution in [-0.2, 0) is 14.3 Å². The Morgan fingerprint density at radius 1 is 0.974 bits per heavy atom. The number of nitrogens with one attached hydrogen (secondary N) is 1. The molecule has 0 spiro atoms. The zero-order valence-electron chi connectivity index (χ0n) is 20.9. The first-order valence-electron chi connectivity index (χ1n) is 12.0. The van der Waals surface area contributed by atoms with Crippen LogP contribution in [0.25, 0.3) is 0 Å². The SMILES string of the molecule is CSc1ccc(NC(=O)O[C@H](c2cccc(OCCO)c2)[C@@H](CCOC(=O)CS)Oc2ccccc2)cc1. The first-order chi connectivity index (χ1) is 18.5. The summed E-state index contributed by atoms with van der Waals surface area (Å²) in [6, 6.07) is 23.5. The zero-order valence-corrected chi connectivity index (χ0v) is 22.7. The monoisotopic (exact) mass is 557 g/mol. The number of para-hydroxylation sites is 1. The number of aliphatic hydroxyl groups excluding tert-OH is 1. The number of amides is 1. The maximum Gasteiger partial charge on any atom is 0.412 e. The summed E-state index contributed by atoms with van der Waals surface area (Å²) < 4.78 is 23.0. The fraction of sp³-hybridized carbons (Fsp3) is 0.286. The second-order valence-electron chi connectivity index (χ2n) is 7.96. The van der Waals surface area contributed by atoms with Gasteiger partial charge in [-0.05, 0) is 60.4 Å². The molecule has 0 aliphatic carbocycles. The lowest BCUT2D eigenvalue weighted by Crippen LogP contribution is -2.32. The highest BCUT2D eigenvalue weighted by atomic mass is 32.2. The lowest BCUT2D eigenvalue weighted by Gasteiger charge is -2.28. The number of rotatable bonds is 14. The van der Waals surface area contributed by atoms with Crippen LogP contribution in [0.4, 0.5) is 10.5 Å². The predicted molar refractivity (Wildman–Crippen MR) is 150 cm³/mol. The highest BCUT2D eigenvalue weighted by Gasteiger charge is 2.30. The van der Waals surface area contributed by atoms with Crippen molar-refractivity contribution in [3.8, 4) is 11.5 Å². The third-order valence-corrected chi connectivity index (χ3v) is 6.28. The largest absolute Gasteiger partial charge is 0.491 e. The van der Waals surface area contributed by atoms with E-state index < -0.39 is 24.3 Å². The Kier molecular flexibility index (Phi) is 12.2. The van der Waals surface area contributed by atoms with E-state index in [1.165, 1.54) is 0 Å². The van der Waals surface area contributed by atoms with Gasteiger partial charge in [0.2, 0.25) is 0 Å². The van der Waals surface area contributed by atoms with Crippen LogP contribution in [0.15, 0.2) is 83.8 Å². The summed E-state index contributed by atoms with van der Waals surface area (Å²) in [6.45, 7) is 0.0124. The van der Waals surface area contributed by atoms with Crippen molar-refractivity contribution in [3.63, 3.8) is 0 Å². The lowest BCUT2D eigenvalue weighted by molar-refractivity contribution is -0.141. The number of thioether (sulfide) groups is 1. The number of carbonyl (C=O) groups is 2. The van der Waals surface area contributed by atoms with Crippen LogP contribution in [0.3, 0.4) is 0 Å². The summed E-state index contributed by atoms with van der Waals surface area (Å²) in [6.07, 6.45) is -0.0881. The Hall–Kier alpha value is -3.34. The summed E-state index contributed by atoms with van der Waals surface area (Å²) in [7, 11) is 0. The van der Waals surface area contributed by atoms with Gasteiger partial charge in [0.05, 0.1) is 19.0 Å². The normalized spacial score (nSPS) is 12.2. The van der Waals surface area contributed by atoms with Crippen molar-refractivity contribution in [2.24, 2.45) is 0 Å². The summed E-state index contributed by atoms with van der Waals surface area (Å²) in [4.78, 5) is 25.8. The van der Waals surface area contributed by atoms with E-state index in [9.17, 15) is 9.59 Å². The van der Waals surface area contributed by atoms with Crippen LogP contribution in [0.1, 0.15) is 18.1 Å². The molecule has 2 atom stereocenters. The zero-order chi connectivity index (χ0) is 27.2. The molecular formula is C28H31NO7S2. The molecule has 0 aliphatic heterocycles. The van der Waals surface area contributed by atoms with E-state index in [-0.39, 0.29) is 32.0 Å². The molecular weight excluding hydrogens is 526 g/mol. The molecule has 3 rings (SSSR count). The molecule has 3 aromatic carbocycles. The van der Waals surface area contributed by atoms with E-state index >= 15 is 0 Å². The second kappa shape index (κ2) is 15.8. The fourth-order valence-corrected chi connectivity index (χ4v) is 4.02. The van der Waals surface area contributed by atoms with E-state index in [4.69, 9.17) is 24.1 Å². The fourth-order valence-electron chi connectivity index (χ4n) is 3.52. The molecule has 0 fully saturated rings. The van der Waals surface area contributed by atoms with Crippen molar-refractivity contribution in [1.82, 2.24) is 0 Å². The molecule has 3 aromatic rings. The molecule has 8 nitrogen and oxygen atoms in total. The van der Waals surface area contributed by atoms with Crippen LogP contribution < -0.4 is 14.8 Å². The number of hydrogen-bond acceptors (Lipinski definition) is 9. The third-order valence-electron chi connectivity index (χ3n) is 5.28. The minimum atomic E-state index is -0.895. The van der Waals surface area contributed by atoms with E-state index in [1.807, 2.05) is 36.6 Å². The minimum absolute atomic E-state index is 0.0369. The van der Waals surface area contributed by atoms with Gasteiger partial charge in [0.1, 0.15) is 24.2 Å². The quantitative estimate of drug-likeness (QED) is 0.138. The van der Waals surface area contributed by atoms with Gasteiger partial charge >= 0.3 is 12.1 Å². The van der Waals surface area contributed by atoms with Crippen LogP contribution in [0, 0.1) is 0 Å². The Labute approximate surface area is 232 Å². The van der Waals surface area contributed by atoms with Gasteiger partial charge in [-0.15, -0.1) is 11.8 Å². The summed E-state index contributed by atoms with van der Waals surface area (Å²) in [5, 5.41) is 11.9. The first-order valence-corrected chi connectivity index (χ1v) is 13.8. The predicted octanol–water partition coefficient (Wildman–Crippen LogP) is 5.38. The first kappa shape index (κ1) is 29.2. The summed E-state index contributed by atoms with van der Waals surface area (Å²) >= 11 is 5.54. The van der Waals surface area contributed by atoms with E-state index in [2.05, 4.69) is 17.9 Å². The Balaban J connectivity index is 1.89. The maximum absolute atomic E-state index is 13.0. The molecule has 202 valence electrons. The van der Waals surface area contributed by atoms with Gasteiger partial charge in [0.25, 0.3) is 0 Å². The van der Waals surface area contributed by atoms with Gasteiger partial charge in [-0.1, -0.05) is 30.3 Å². The van der Waals surface area contributed by atoms with Crippen molar-refractivity contribution in [1.29, 1.82) is 0 Å². The number of hydrogen-bond donors (Lipinski definition) is 3. The van der Waals surface area contributed by atoms with Crippen LogP contribution in [-0.4, -0.2) is 55.1 Å². The molecule has 10 heteroatoms. The number of esters is 1. The van der Waals surface area contributed by atoms with Crippen molar-refractivity contribution >= 4 is 42.1 Å². The van der Waals surface area contributed by atoms with Crippen molar-refractivity contribution in [2.75, 3.05) is 37.1 Å². The maximum atomic E-state index is 13.0. The van der Waals surface area contributed by atoms with E-state index in [0.29, 0.717) is 22.7 Å². The average molecular weight is 558 g/mol. The number of anilines is 1. The van der Waals surface area contributed by atoms with Crippen molar-refractivity contribution in [3.05, 3.63) is 84.4 Å². The van der Waals surface area contributed by atoms with Gasteiger partial charge in [0.15, 0.2) is 6.10 Å². The molecule has 2 N–H and O–H groups in total. The molecule has 1 amide bonds. The smallest absolute Gasteiger partial charge is 0.412 e. The number of carbonyl (C=O) groups excluding carboxylic acids is 2. The van der Waals surface area contributed by atoms with Crippen LogP contribution in [0.5, 0.6) is 11.5 Å². The summed E-state index contributed by atoms with van der Waals surface area (Å²) in [5.74, 6) is 0.548. The van der Waals surface area contributed by atoms with Crippen LogP contribution in [0.2, 0.25) is 0 Å². The van der Waals surface area contributed by atoms with Gasteiger partial charge in [-0.3, -0.25) is 10.1 Å². The average Bonchev–Trinajstić information content (AvgIpc) is 2.95. The molecule has 0 saturated heterocycles. The molecule has 0 saturated carbocycles. The number of thiol groups is 1. The van der Waals surface area contributed by atoms with Crippen molar-refractivity contribution < 1.29 is 33.6 Å².